The lowest BCUT2D eigenvalue weighted by Crippen LogP contribution is -2.64. The van der Waals surface area contributed by atoms with Crippen molar-refractivity contribution >= 4 is 23.4 Å². The lowest BCUT2D eigenvalue weighted by atomic mass is 9.94. The maximum atomic E-state index is 13.4. The summed E-state index contributed by atoms with van der Waals surface area (Å²) in [5.74, 6) is -0.973. The zero-order valence-electron chi connectivity index (χ0n) is 20.9. The summed E-state index contributed by atoms with van der Waals surface area (Å²) < 4.78 is 14.8. The van der Waals surface area contributed by atoms with E-state index in [9.17, 15) is 18.8 Å². The molecule has 3 aliphatic rings. The highest BCUT2D eigenvalue weighted by Crippen LogP contribution is 2.29. The first-order valence-electron chi connectivity index (χ1n) is 12.8. The van der Waals surface area contributed by atoms with Gasteiger partial charge in [0.05, 0.1) is 6.54 Å². The third-order valence-corrected chi connectivity index (χ3v) is 7.77. The summed E-state index contributed by atoms with van der Waals surface area (Å²) >= 11 is 0. The molecule has 0 unspecified atom stereocenters. The number of likely N-dealkylation sites (N-methyl/N-ethyl adjacent to an activating group) is 1. The maximum Gasteiger partial charge on any atom is 0.274 e. The summed E-state index contributed by atoms with van der Waals surface area (Å²) in [6.45, 7) is 6.44. The van der Waals surface area contributed by atoms with Gasteiger partial charge in [0.25, 0.3) is 11.8 Å². The molecule has 1 saturated heterocycles. The first-order valence-corrected chi connectivity index (χ1v) is 12.8. The van der Waals surface area contributed by atoms with E-state index in [2.05, 4.69) is 15.3 Å². The van der Waals surface area contributed by atoms with Crippen molar-refractivity contribution in [2.24, 2.45) is 0 Å². The normalized spacial score (nSPS) is 22.6. The van der Waals surface area contributed by atoms with E-state index in [1.165, 1.54) is 16.8 Å². The Labute approximate surface area is 210 Å². The predicted octanol–water partition coefficient (Wildman–Crippen LogP) is 2.28. The molecule has 10 heteroatoms. The van der Waals surface area contributed by atoms with Gasteiger partial charge < -0.3 is 20.0 Å². The monoisotopic (exact) mass is 496 g/mol. The zero-order valence-corrected chi connectivity index (χ0v) is 20.9. The minimum Gasteiger partial charge on any atom is -0.368 e. The Balaban J connectivity index is 1.30. The molecule has 9 nitrogen and oxygen atoms in total. The van der Waals surface area contributed by atoms with Gasteiger partial charge >= 0.3 is 0 Å². The van der Waals surface area contributed by atoms with Crippen molar-refractivity contribution in [3.8, 4) is 0 Å². The van der Waals surface area contributed by atoms with Crippen LogP contribution < -0.4 is 10.2 Å². The molecule has 2 aliphatic heterocycles. The fraction of sp³-hybridized carbons (Fsp3) is 0.538. The fourth-order valence-corrected chi connectivity index (χ4v) is 5.63. The summed E-state index contributed by atoms with van der Waals surface area (Å²) in [6.07, 6.45) is 4.13. The quantitative estimate of drug-likeness (QED) is 0.686. The number of hydrogen-bond acceptors (Lipinski definition) is 5. The van der Waals surface area contributed by atoms with Crippen LogP contribution in [0.25, 0.3) is 0 Å². The molecule has 0 bridgehead atoms. The van der Waals surface area contributed by atoms with Crippen LogP contribution in [0.3, 0.4) is 0 Å². The summed E-state index contributed by atoms with van der Waals surface area (Å²) in [5.41, 5.74) is 0.386. The first kappa shape index (κ1) is 24.3. The van der Waals surface area contributed by atoms with Gasteiger partial charge in [-0.2, -0.15) is 5.10 Å². The summed E-state index contributed by atoms with van der Waals surface area (Å²) in [5, 5.41) is 7.62. The Kier molecular flexibility index (Phi) is 6.44. The number of rotatable bonds is 5. The molecule has 1 saturated carbocycles. The molecule has 1 N–H and O–H groups in total. The van der Waals surface area contributed by atoms with Crippen molar-refractivity contribution in [3.05, 3.63) is 47.5 Å². The third kappa shape index (κ3) is 4.33. The van der Waals surface area contributed by atoms with Crippen LogP contribution in [0.1, 0.15) is 60.5 Å². The number of amides is 3. The van der Waals surface area contributed by atoms with E-state index < -0.39 is 5.54 Å². The highest BCUT2D eigenvalue weighted by atomic mass is 19.1. The minimum atomic E-state index is -1.07. The molecule has 5 rings (SSSR count). The van der Waals surface area contributed by atoms with Crippen LogP contribution in [0, 0.1) is 5.82 Å². The number of anilines is 1. The average Bonchev–Trinajstić information content (AvgIpc) is 3.54. The standard InChI is InChI=1S/C26H33FN6O3/c1-3-32-24(35)22-16-21(29-33(22)17-26(32,2)25(36)28-19-6-4-5-7-19)23(34)31-14-12-30(13-15-31)20-10-8-18(27)9-11-20/h8-11,16,19H,3-7,12-15,17H2,1-2H3,(H,28,36)/t26-/m0/s1. The number of carbonyl (C=O) groups excluding carboxylic acids is 3. The van der Waals surface area contributed by atoms with E-state index in [1.807, 2.05) is 6.92 Å². The molecule has 1 aliphatic carbocycles. The SMILES string of the molecule is CCN1C(=O)c2cc(C(=O)N3CCN(c4ccc(F)cc4)CC3)nn2C[C@@]1(C)C(=O)NC1CCCC1. The van der Waals surface area contributed by atoms with Crippen molar-refractivity contribution < 1.29 is 18.8 Å². The molecule has 3 amide bonds. The average molecular weight is 497 g/mol. The Morgan fingerprint density at radius 2 is 1.78 bits per heavy atom. The van der Waals surface area contributed by atoms with E-state index in [-0.39, 0.29) is 41.8 Å². The molecule has 1 aromatic carbocycles. The number of benzene rings is 1. The molecular weight excluding hydrogens is 463 g/mol. The number of hydrogen-bond donors (Lipinski definition) is 1. The van der Waals surface area contributed by atoms with E-state index in [0.717, 1.165) is 31.4 Å². The van der Waals surface area contributed by atoms with Crippen LogP contribution in [-0.2, 0) is 11.3 Å². The summed E-state index contributed by atoms with van der Waals surface area (Å²) in [7, 11) is 0. The van der Waals surface area contributed by atoms with Gasteiger partial charge in [-0.1, -0.05) is 12.8 Å². The fourth-order valence-electron chi connectivity index (χ4n) is 5.63. The number of nitrogens with zero attached hydrogens (tertiary/aromatic N) is 5. The number of piperazine rings is 1. The van der Waals surface area contributed by atoms with Gasteiger partial charge in [-0.15, -0.1) is 0 Å². The first-order chi connectivity index (χ1) is 17.3. The van der Waals surface area contributed by atoms with Gasteiger partial charge in [0.2, 0.25) is 5.91 Å². The second-order valence-electron chi connectivity index (χ2n) is 10.1. The highest BCUT2D eigenvalue weighted by Gasteiger charge is 2.48. The van der Waals surface area contributed by atoms with Crippen LogP contribution in [0.2, 0.25) is 0 Å². The minimum absolute atomic E-state index is 0.146. The predicted molar refractivity (Wildman–Crippen MR) is 132 cm³/mol. The topological polar surface area (TPSA) is 90.8 Å². The number of aromatic nitrogens is 2. The molecule has 0 spiro atoms. The van der Waals surface area contributed by atoms with Crippen LogP contribution in [0.5, 0.6) is 0 Å². The number of nitrogens with one attached hydrogen (secondary N) is 1. The highest BCUT2D eigenvalue weighted by molar-refractivity contribution is 6.02. The molecular formula is C26H33FN6O3. The van der Waals surface area contributed by atoms with E-state index >= 15 is 0 Å². The van der Waals surface area contributed by atoms with Crippen molar-refractivity contribution in [3.63, 3.8) is 0 Å². The lowest BCUT2D eigenvalue weighted by Gasteiger charge is -2.43. The number of halogens is 1. The zero-order chi connectivity index (χ0) is 25.4. The van der Waals surface area contributed by atoms with Gasteiger partial charge in [0.1, 0.15) is 17.1 Å². The molecule has 36 heavy (non-hydrogen) atoms. The summed E-state index contributed by atoms with van der Waals surface area (Å²) in [6, 6.07) is 8.03. The third-order valence-electron chi connectivity index (χ3n) is 7.77. The largest absolute Gasteiger partial charge is 0.368 e. The van der Waals surface area contributed by atoms with Crippen molar-refractivity contribution in [1.82, 2.24) is 24.9 Å². The van der Waals surface area contributed by atoms with Crippen LogP contribution >= 0.6 is 0 Å². The van der Waals surface area contributed by atoms with E-state index in [0.29, 0.717) is 38.4 Å². The Hall–Kier alpha value is -3.43. The van der Waals surface area contributed by atoms with E-state index in [4.69, 9.17) is 0 Å². The van der Waals surface area contributed by atoms with Crippen LogP contribution in [-0.4, -0.2) is 81.6 Å². The maximum absolute atomic E-state index is 13.4. The number of carbonyl (C=O) groups is 3. The molecule has 2 fully saturated rings. The molecule has 192 valence electrons. The molecule has 0 radical (unpaired) electrons. The Bertz CT molecular complexity index is 1150. The summed E-state index contributed by atoms with van der Waals surface area (Å²) in [4.78, 5) is 45.4. The van der Waals surface area contributed by atoms with Crippen LogP contribution in [0.15, 0.2) is 30.3 Å². The Morgan fingerprint density at radius 3 is 2.42 bits per heavy atom. The molecule has 2 aromatic rings. The van der Waals surface area contributed by atoms with Crippen LogP contribution in [0.4, 0.5) is 10.1 Å². The Morgan fingerprint density at radius 1 is 1.11 bits per heavy atom. The van der Waals surface area contributed by atoms with Crippen molar-refractivity contribution in [1.29, 1.82) is 0 Å². The van der Waals surface area contributed by atoms with Gasteiger partial charge in [-0.25, -0.2) is 4.39 Å². The van der Waals surface area contributed by atoms with Gasteiger partial charge in [0.15, 0.2) is 5.69 Å². The van der Waals surface area contributed by atoms with Gasteiger partial charge in [-0.3, -0.25) is 19.1 Å². The van der Waals surface area contributed by atoms with E-state index in [1.54, 1.807) is 34.9 Å². The molecule has 1 aromatic heterocycles. The lowest BCUT2D eigenvalue weighted by molar-refractivity contribution is -0.133. The molecule has 1 atom stereocenters. The van der Waals surface area contributed by atoms with Gasteiger partial charge in [0, 0.05) is 50.5 Å². The smallest absolute Gasteiger partial charge is 0.274 e. The van der Waals surface area contributed by atoms with Crippen molar-refractivity contribution in [2.45, 2.75) is 57.7 Å². The second-order valence-corrected chi connectivity index (χ2v) is 10.1. The van der Waals surface area contributed by atoms with Gasteiger partial charge in [-0.05, 0) is 51.0 Å². The molecule has 3 heterocycles. The second kappa shape index (κ2) is 9.55. The number of fused-ring (bicyclic) bond motifs is 1. The van der Waals surface area contributed by atoms with Crippen molar-refractivity contribution in [2.75, 3.05) is 37.6 Å².